The van der Waals surface area contributed by atoms with Crippen molar-refractivity contribution in [2.24, 2.45) is 7.05 Å². The Morgan fingerprint density at radius 1 is 1.15 bits per heavy atom. The topological polar surface area (TPSA) is 77.2 Å². The number of imidazole rings is 1. The van der Waals surface area contributed by atoms with E-state index < -0.39 is 17.7 Å². The quantitative estimate of drug-likeness (QED) is 0.453. The first kappa shape index (κ1) is 22.0. The van der Waals surface area contributed by atoms with Crippen molar-refractivity contribution in [2.45, 2.75) is 6.54 Å². The number of hydrogen-bond acceptors (Lipinski definition) is 4. The monoisotopic (exact) mass is 452 g/mol. The van der Waals surface area contributed by atoms with Gasteiger partial charge >= 0.3 is 6.03 Å². The summed E-state index contributed by atoms with van der Waals surface area (Å²) in [5.74, 6) is -0.946. The largest absolute Gasteiger partial charge is 0.491 e. The van der Waals surface area contributed by atoms with Crippen LogP contribution in [0.4, 0.5) is 25.0 Å². The molecule has 0 bridgehead atoms. The molecule has 0 saturated carbocycles. The first-order chi connectivity index (χ1) is 15.9. The molecule has 2 aromatic carbocycles. The van der Waals surface area contributed by atoms with E-state index in [1.54, 1.807) is 48.6 Å². The molecule has 1 N–H and O–H groups in total. The Morgan fingerprint density at radius 3 is 2.70 bits per heavy atom. The first-order valence-electron chi connectivity index (χ1n) is 10.1. The Morgan fingerprint density at radius 2 is 2.00 bits per heavy atom. The van der Waals surface area contributed by atoms with Crippen LogP contribution in [0.1, 0.15) is 0 Å². The maximum Gasteiger partial charge on any atom is 0.326 e. The van der Waals surface area contributed by atoms with Crippen LogP contribution in [0.25, 0.3) is 11.3 Å². The van der Waals surface area contributed by atoms with Gasteiger partial charge in [-0.05, 0) is 36.4 Å². The number of hydrogen-bond donors (Lipinski definition) is 1. The number of rotatable bonds is 7. The van der Waals surface area contributed by atoms with Gasteiger partial charge in [0.25, 0.3) is 0 Å². The van der Waals surface area contributed by atoms with Crippen LogP contribution >= 0.6 is 0 Å². The van der Waals surface area contributed by atoms with E-state index in [9.17, 15) is 13.6 Å². The van der Waals surface area contributed by atoms with Gasteiger partial charge in [0.15, 0.2) is 0 Å². The van der Waals surface area contributed by atoms with Crippen molar-refractivity contribution in [1.82, 2.24) is 19.3 Å². The molecule has 4 rings (SSSR count). The van der Waals surface area contributed by atoms with Gasteiger partial charge in [0.1, 0.15) is 24.0 Å². The lowest BCUT2D eigenvalue weighted by Gasteiger charge is -2.21. The van der Waals surface area contributed by atoms with Gasteiger partial charge in [-0.15, -0.1) is 0 Å². The van der Waals surface area contributed by atoms with Gasteiger partial charge in [0.2, 0.25) is 0 Å². The Bertz CT molecular complexity index is 1260. The molecule has 0 saturated heterocycles. The lowest BCUT2D eigenvalue weighted by molar-refractivity contribution is 0.258. The first-order valence-corrected chi connectivity index (χ1v) is 10.1. The van der Waals surface area contributed by atoms with Crippen molar-refractivity contribution in [3.63, 3.8) is 0 Å². The highest BCUT2D eigenvalue weighted by Crippen LogP contribution is 2.33. The Hall–Kier alpha value is -4.21. The van der Waals surface area contributed by atoms with Crippen LogP contribution in [0, 0.1) is 11.6 Å². The second kappa shape index (κ2) is 9.51. The average molecular weight is 452 g/mol. The van der Waals surface area contributed by atoms with Crippen LogP contribution in [0.2, 0.25) is 0 Å². The molecule has 0 aliphatic carbocycles. The summed E-state index contributed by atoms with van der Waals surface area (Å²) in [7, 11) is 3.36. The minimum atomic E-state index is -0.853. The maximum absolute atomic E-state index is 13.9. The number of aromatic nitrogens is 4. The smallest absolute Gasteiger partial charge is 0.326 e. The molecule has 0 aliphatic heterocycles. The fourth-order valence-corrected chi connectivity index (χ4v) is 3.28. The Labute approximate surface area is 189 Å². The van der Waals surface area contributed by atoms with Crippen molar-refractivity contribution in [2.75, 3.05) is 23.9 Å². The number of anilines is 2. The van der Waals surface area contributed by atoms with E-state index in [0.717, 1.165) is 17.3 Å². The van der Waals surface area contributed by atoms with Gasteiger partial charge in [0.05, 0.1) is 24.3 Å². The fraction of sp³-hybridized carbons (Fsp3) is 0.174. The molecule has 2 aromatic heterocycles. The molecule has 2 heterocycles. The van der Waals surface area contributed by atoms with Crippen molar-refractivity contribution in [1.29, 1.82) is 0 Å². The highest BCUT2D eigenvalue weighted by atomic mass is 19.1. The molecular formula is C23H22F2N6O2. The van der Waals surface area contributed by atoms with Crippen LogP contribution in [-0.4, -0.2) is 39.0 Å². The molecule has 0 spiro atoms. The summed E-state index contributed by atoms with van der Waals surface area (Å²) in [4.78, 5) is 18.0. The third-order valence-electron chi connectivity index (χ3n) is 5.09. The summed E-state index contributed by atoms with van der Waals surface area (Å²) < 4.78 is 36.7. The summed E-state index contributed by atoms with van der Waals surface area (Å²) in [5.41, 5.74) is 1.98. The number of benzene rings is 2. The minimum Gasteiger partial charge on any atom is -0.491 e. The molecule has 0 unspecified atom stereocenters. The average Bonchev–Trinajstić information content (AvgIpc) is 3.47. The predicted octanol–water partition coefficient (Wildman–Crippen LogP) is 4.31. The zero-order chi connectivity index (χ0) is 23.4. The zero-order valence-corrected chi connectivity index (χ0v) is 18.1. The minimum absolute atomic E-state index is 0.112. The molecule has 0 atom stereocenters. The SMILES string of the molecule is CN(C(=O)Nc1ccc(F)cc1F)c1ccc(OCCn2ccnc2)c(-c2ccnn2C)c1. The predicted molar refractivity (Wildman–Crippen MR) is 120 cm³/mol. The molecule has 0 radical (unpaired) electrons. The van der Waals surface area contributed by atoms with E-state index in [-0.39, 0.29) is 5.69 Å². The van der Waals surface area contributed by atoms with Gasteiger partial charge < -0.3 is 14.6 Å². The van der Waals surface area contributed by atoms with Gasteiger partial charge in [-0.25, -0.2) is 18.6 Å². The summed E-state index contributed by atoms with van der Waals surface area (Å²) >= 11 is 0. The zero-order valence-electron chi connectivity index (χ0n) is 18.1. The van der Waals surface area contributed by atoms with Crippen LogP contribution in [0.3, 0.4) is 0 Å². The van der Waals surface area contributed by atoms with Crippen molar-refractivity contribution in [3.05, 3.63) is 79.0 Å². The van der Waals surface area contributed by atoms with Crippen molar-refractivity contribution in [3.8, 4) is 17.0 Å². The van der Waals surface area contributed by atoms with Gasteiger partial charge in [-0.3, -0.25) is 9.58 Å². The van der Waals surface area contributed by atoms with Gasteiger partial charge in [0, 0.05) is 50.0 Å². The van der Waals surface area contributed by atoms with Gasteiger partial charge in [-0.2, -0.15) is 5.10 Å². The highest BCUT2D eigenvalue weighted by Gasteiger charge is 2.17. The summed E-state index contributed by atoms with van der Waals surface area (Å²) in [6.45, 7) is 1.04. The molecule has 0 fully saturated rings. The van der Waals surface area contributed by atoms with E-state index in [0.29, 0.717) is 30.7 Å². The summed E-state index contributed by atoms with van der Waals surface area (Å²) in [5, 5.41) is 6.67. The molecule has 0 aliphatic rings. The molecule has 4 aromatic rings. The molecule has 10 heteroatoms. The van der Waals surface area contributed by atoms with Crippen LogP contribution in [0.5, 0.6) is 5.75 Å². The normalized spacial score (nSPS) is 10.8. The number of nitrogens with zero attached hydrogens (tertiary/aromatic N) is 5. The van der Waals surface area contributed by atoms with E-state index >= 15 is 0 Å². The number of ether oxygens (including phenoxy) is 1. The van der Waals surface area contributed by atoms with E-state index in [1.165, 1.54) is 11.0 Å². The number of carbonyl (C=O) groups is 1. The number of nitrogens with one attached hydrogen (secondary N) is 1. The number of halogens is 2. The van der Waals surface area contributed by atoms with Crippen LogP contribution in [0.15, 0.2) is 67.4 Å². The number of amides is 2. The molecule has 8 nitrogen and oxygen atoms in total. The van der Waals surface area contributed by atoms with Crippen LogP contribution in [-0.2, 0) is 13.6 Å². The van der Waals surface area contributed by atoms with E-state index in [1.807, 2.05) is 23.9 Å². The van der Waals surface area contributed by atoms with E-state index in [4.69, 9.17) is 4.74 Å². The molecular weight excluding hydrogens is 430 g/mol. The highest BCUT2D eigenvalue weighted by molar-refractivity contribution is 6.01. The maximum atomic E-state index is 13.9. The number of carbonyl (C=O) groups excluding carboxylic acids is 1. The van der Waals surface area contributed by atoms with Gasteiger partial charge in [-0.1, -0.05) is 0 Å². The second-order valence-electron chi connectivity index (χ2n) is 7.28. The second-order valence-corrected chi connectivity index (χ2v) is 7.28. The lowest BCUT2D eigenvalue weighted by Crippen LogP contribution is -2.31. The summed E-state index contributed by atoms with van der Waals surface area (Å²) in [6, 6.07) is 9.53. The Balaban J connectivity index is 1.56. The van der Waals surface area contributed by atoms with Crippen molar-refractivity contribution < 1.29 is 18.3 Å². The van der Waals surface area contributed by atoms with E-state index in [2.05, 4.69) is 15.4 Å². The number of aryl methyl sites for hydroxylation is 1. The third kappa shape index (κ3) is 5.00. The third-order valence-corrected chi connectivity index (χ3v) is 5.09. The summed E-state index contributed by atoms with van der Waals surface area (Å²) in [6.07, 6.45) is 6.94. The molecule has 2 amide bonds. The Kier molecular flexibility index (Phi) is 6.34. The molecule has 170 valence electrons. The van der Waals surface area contributed by atoms with Crippen LogP contribution < -0.4 is 15.0 Å². The molecule has 33 heavy (non-hydrogen) atoms. The number of urea groups is 1. The lowest BCUT2D eigenvalue weighted by atomic mass is 10.1. The fourth-order valence-electron chi connectivity index (χ4n) is 3.28. The van der Waals surface area contributed by atoms with Crippen molar-refractivity contribution >= 4 is 17.4 Å². The standard InChI is InChI=1S/C23H22F2N6O2/c1-29(23(32)28-20-5-3-16(24)13-19(20)25)17-4-6-22(33-12-11-31-10-9-26-15-31)18(14-17)21-7-8-27-30(21)2/h3-10,13-15H,11-12H2,1-2H3,(H,28,32).